The van der Waals surface area contributed by atoms with Crippen LogP contribution in [0.4, 0.5) is 0 Å². The van der Waals surface area contributed by atoms with Crippen LogP contribution in [0.3, 0.4) is 0 Å². The quantitative estimate of drug-likeness (QED) is 0.482. The van der Waals surface area contributed by atoms with E-state index < -0.39 is 17.5 Å². The number of rotatable bonds is 4. The number of carbonyl (C=O) groups is 2. The lowest BCUT2D eigenvalue weighted by atomic mass is 10.0. The molecule has 0 heterocycles. The predicted molar refractivity (Wildman–Crippen MR) is 83.8 cm³/mol. The Morgan fingerprint density at radius 2 is 1.87 bits per heavy atom. The van der Waals surface area contributed by atoms with Gasteiger partial charge in [-0.2, -0.15) is 5.26 Å². The zero-order valence-electron chi connectivity index (χ0n) is 13.8. The van der Waals surface area contributed by atoms with Crippen LogP contribution in [0.25, 0.3) is 6.08 Å². The van der Waals surface area contributed by atoms with Crippen molar-refractivity contribution in [2.24, 2.45) is 0 Å². The number of carbonyl (C=O) groups excluding carboxylic acids is 2. The summed E-state index contributed by atoms with van der Waals surface area (Å²) < 4.78 is 15.0. The van der Waals surface area contributed by atoms with Gasteiger partial charge in [0.15, 0.2) is 0 Å². The van der Waals surface area contributed by atoms with E-state index in [-0.39, 0.29) is 11.1 Å². The first-order valence-corrected chi connectivity index (χ1v) is 6.83. The number of ether oxygens (including phenoxy) is 3. The molecule has 122 valence electrons. The lowest BCUT2D eigenvalue weighted by Gasteiger charge is -2.20. The first-order chi connectivity index (χ1) is 10.7. The number of methoxy groups -OCH3 is 2. The third-order valence-corrected chi connectivity index (χ3v) is 2.70. The summed E-state index contributed by atoms with van der Waals surface area (Å²) in [6.45, 7) is 5.25. The third-order valence-electron chi connectivity index (χ3n) is 2.70. The van der Waals surface area contributed by atoms with E-state index in [2.05, 4.69) is 4.74 Å². The van der Waals surface area contributed by atoms with Crippen LogP contribution in [0.2, 0.25) is 0 Å². The van der Waals surface area contributed by atoms with E-state index >= 15 is 0 Å². The molecule has 0 aromatic heterocycles. The molecule has 0 N–H and O–H groups in total. The van der Waals surface area contributed by atoms with Gasteiger partial charge in [0.1, 0.15) is 23.0 Å². The van der Waals surface area contributed by atoms with Gasteiger partial charge in [0.05, 0.1) is 19.8 Å². The van der Waals surface area contributed by atoms with Crippen molar-refractivity contribution in [3.63, 3.8) is 0 Å². The molecule has 0 fully saturated rings. The van der Waals surface area contributed by atoms with Crippen LogP contribution in [0.15, 0.2) is 23.8 Å². The molecule has 0 aliphatic heterocycles. The molecule has 0 saturated heterocycles. The topological polar surface area (TPSA) is 85.6 Å². The third kappa shape index (κ3) is 5.15. The van der Waals surface area contributed by atoms with E-state index in [1.807, 2.05) is 0 Å². The largest absolute Gasteiger partial charge is 0.497 e. The van der Waals surface area contributed by atoms with Crippen molar-refractivity contribution >= 4 is 18.0 Å². The standard InChI is InChI=1S/C17H19NO5/c1-17(2,3)23-16(20)14-7-6-13(21-4)9-11(14)8-12(10-18)15(19)22-5/h6-9H,1-5H3/b12-8+. The molecule has 0 amide bonds. The van der Waals surface area contributed by atoms with Crippen molar-refractivity contribution in [1.82, 2.24) is 0 Å². The average molecular weight is 317 g/mol. The van der Waals surface area contributed by atoms with Crippen LogP contribution in [0.1, 0.15) is 36.7 Å². The minimum absolute atomic E-state index is 0.220. The Morgan fingerprint density at radius 1 is 1.22 bits per heavy atom. The molecule has 6 heteroatoms. The summed E-state index contributed by atoms with van der Waals surface area (Å²) in [6.07, 6.45) is 1.27. The van der Waals surface area contributed by atoms with Gasteiger partial charge in [-0.3, -0.25) is 0 Å². The van der Waals surface area contributed by atoms with Gasteiger partial charge in [0.25, 0.3) is 0 Å². The molecule has 0 atom stereocenters. The highest BCUT2D eigenvalue weighted by Crippen LogP contribution is 2.23. The smallest absolute Gasteiger partial charge is 0.348 e. The highest BCUT2D eigenvalue weighted by Gasteiger charge is 2.21. The fraction of sp³-hybridized carbons (Fsp3) is 0.353. The monoisotopic (exact) mass is 317 g/mol. The molecule has 23 heavy (non-hydrogen) atoms. The van der Waals surface area contributed by atoms with E-state index in [9.17, 15) is 9.59 Å². The molecular weight excluding hydrogens is 298 g/mol. The van der Waals surface area contributed by atoms with Gasteiger partial charge >= 0.3 is 11.9 Å². The van der Waals surface area contributed by atoms with Gasteiger partial charge in [-0.1, -0.05) is 0 Å². The number of benzene rings is 1. The molecule has 0 radical (unpaired) electrons. The van der Waals surface area contributed by atoms with Crippen LogP contribution < -0.4 is 4.74 Å². The number of nitriles is 1. The Morgan fingerprint density at radius 3 is 2.35 bits per heavy atom. The van der Waals surface area contributed by atoms with Crippen molar-refractivity contribution in [3.05, 3.63) is 34.9 Å². The Balaban J connectivity index is 3.38. The maximum Gasteiger partial charge on any atom is 0.348 e. The molecule has 0 saturated carbocycles. The summed E-state index contributed by atoms with van der Waals surface area (Å²) in [6, 6.07) is 6.40. The molecule has 1 rings (SSSR count). The summed E-state index contributed by atoms with van der Waals surface area (Å²) >= 11 is 0. The van der Waals surface area contributed by atoms with Crippen LogP contribution in [-0.2, 0) is 14.3 Å². The van der Waals surface area contributed by atoms with Crippen molar-refractivity contribution in [2.75, 3.05) is 14.2 Å². The first-order valence-electron chi connectivity index (χ1n) is 6.83. The molecule has 1 aromatic rings. The molecule has 6 nitrogen and oxygen atoms in total. The minimum Gasteiger partial charge on any atom is -0.497 e. The second kappa shape index (κ2) is 7.45. The maximum atomic E-state index is 12.3. The molecule has 0 unspecified atom stereocenters. The second-order valence-corrected chi connectivity index (χ2v) is 5.62. The SMILES string of the molecule is COC(=O)/C(C#N)=C/c1cc(OC)ccc1C(=O)OC(C)(C)C. The normalized spacial score (nSPS) is 11.4. The summed E-state index contributed by atoms with van der Waals surface area (Å²) in [5, 5.41) is 9.06. The second-order valence-electron chi connectivity index (χ2n) is 5.62. The van der Waals surface area contributed by atoms with Gasteiger partial charge in [-0.15, -0.1) is 0 Å². The van der Waals surface area contributed by atoms with Gasteiger partial charge in [0, 0.05) is 0 Å². The molecule has 0 bridgehead atoms. The highest BCUT2D eigenvalue weighted by molar-refractivity contribution is 6.01. The van der Waals surface area contributed by atoms with E-state index in [0.717, 1.165) is 0 Å². The van der Waals surface area contributed by atoms with Gasteiger partial charge in [-0.05, 0) is 50.6 Å². The van der Waals surface area contributed by atoms with Crippen molar-refractivity contribution < 1.29 is 23.8 Å². The average Bonchev–Trinajstić information content (AvgIpc) is 2.49. The molecular formula is C17H19NO5. The van der Waals surface area contributed by atoms with E-state index in [1.54, 1.807) is 39.0 Å². The summed E-state index contributed by atoms with van der Waals surface area (Å²) in [5.74, 6) is -0.871. The van der Waals surface area contributed by atoms with E-state index in [1.165, 1.54) is 26.4 Å². The number of nitrogens with zero attached hydrogens (tertiary/aromatic N) is 1. The predicted octanol–water partition coefficient (Wildman–Crippen LogP) is 2.73. The lowest BCUT2D eigenvalue weighted by Crippen LogP contribution is -2.24. The van der Waals surface area contributed by atoms with Crippen LogP contribution >= 0.6 is 0 Å². The van der Waals surface area contributed by atoms with E-state index in [0.29, 0.717) is 11.3 Å². The lowest BCUT2D eigenvalue weighted by molar-refractivity contribution is -0.135. The number of hydrogen-bond acceptors (Lipinski definition) is 6. The van der Waals surface area contributed by atoms with Gasteiger partial charge in [-0.25, -0.2) is 9.59 Å². The summed E-state index contributed by atoms with van der Waals surface area (Å²) in [5.41, 5.74) is -0.346. The fourth-order valence-corrected chi connectivity index (χ4v) is 1.71. The minimum atomic E-state index is -0.787. The van der Waals surface area contributed by atoms with Crippen LogP contribution in [-0.4, -0.2) is 31.8 Å². The summed E-state index contributed by atoms with van der Waals surface area (Å²) in [4.78, 5) is 23.8. The zero-order chi connectivity index (χ0) is 17.6. The van der Waals surface area contributed by atoms with Crippen molar-refractivity contribution in [1.29, 1.82) is 5.26 Å². The van der Waals surface area contributed by atoms with Crippen molar-refractivity contribution in [3.8, 4) is 11.8 Å². The molecule has 0 spiro atoms. The Kier molecular flexibility index (Phi) is 5.91. The Hall–Kier alpha value is -2.81. The van der Waals surface area contributed by atoms with E-state index in [4.69, 9.17) is 14.7 Å². The van der Waals surface area contributed by atoms with Gasteiger partial charge in [0.2, 0.25) is 0 Å². The number of hydrogen-bond donors (Lipinski definition) is 0. The Bertz CT molecular complexity index is 677. The maximum absolute atomic E-state index is 12.3. The Labute approximate surface area is 135 Å². The molecule has 0 aliphatic rings. The van der Waals surface area contributed by atoms with Crippen LogP contribution in [0.5, 0.6) is 5.75 Å². The number of esters is 2. The van der Waals surface area contributed by atoms with Gasteiger partial charge < -0.3 is 14.2 Å². The zero-order valence-corrected chi connectivity index (χ0v) is 13.8. The van der Waals surface area contributed by atoms with Crippen molar-refractivity contribution in [2.45, 2.75) is 26.4 Å². The molecule has 0 aliphatic carbocycles. The van der Waals surface area contributed by atoms with Crippen LogP contribution in [0, 0.1) is 11.3 Å². The fourth-order valence-electron chi connectivity index (χ4n) is 1.71. The molecule has 1 aromatic carbocycles. The first kappa shape index (κ1) is 18.2. The highest BCUT2D eigenvalue weighted by atomic mass is 16.6. The summed E-state index contributed by atoms with van der Waals surface area (Å²) in [7, 11) is 2.65.